The Bertz CT molecular complexity index is 1090. The quantitative estimate of drug-likeness (QED) is 0.321. The average molecular weight is 461 g/mol. The van der Waals surface area contributed by atoms with Gasteiger partial charge in [-0.3, -0.25) is 0 Å². The minimum Gasteiger partial charge on any atom is -0.341 e. The fraction of sp³-hybridized carbons (Fsp3) is 0.308. The van der Waals surface area contributed by atoms with E-state index in [0.717, 1.165) is 60.1 Å². The predicted octanol–water partition coefficient (Wildman–Crippen LogP) is 5.40. The Balaban J connectivity index is 0.00000228. The van der Waals surface area contributed by atoms with Crippen molar-refractivity contribution in [3.63, 3.8) is 0 Å². The second-order valence-corrected chi connectivity index (χ2v) is 8.82. The maximum atomic E-state index is 4.59. The number of nitrogens with one attached hydrogen (secondary N) is 4. The van der Waals surface area contributed by atoms with E-state index in [1.54, 1.807) is 0 Å². The van der Waals surface area contributed by atoms with Gasteiger partial charge in [-0.15, -0.1) is 12.4 Å². The molecule has 7 heteroatoms. The minimum absolute atomic E-state index is 0. The molecule has 2 atom stereocenters. The van der Waals surface area contributed by atoms with Crippen LogP contribution in [0.1, 0.15) is 49.4 Å². The summed E-state index contributed by atoms with van der Waals surface area (Å²) in [5, 5.41) is 6.99. The van der Waals surface area contributed by atoms with Crippen molar-refractivity contribution in [1.82, 2.24) is 30.6 Å². The molecule has 6 rings (SSSR count). The van der Waals surface area contributed by atoms with Crippen LogP contribution in [0.3, 0.4) is 0 Å². The van der Waals surface area contributed by atoms with Crippen LogP contribution in [0.25, 0.3) is 33.6 Å². The third-order valence-corrected chi connectivity index (χ3v) is 6.70. The fourth-order valence-corrected chi connectivity index (χ4v) is 4.84. The van der Waals surface area contributed by atoms with E-state index in [-0.39, 0.29) is 12.4 Å². The van der Waals surface area contributed by atoms with Crippen molar-refractivity contribution in [1.29, 1.82) is 0 Å². The minimum atomic E-state index is 0. The Morgan fingerprint density at radius 1 is 0.576 bits per heavy atom. The summed E-state index contributed by atoms with van der Waals surface area (Å²) in [7, 11) is 0. The Kier molecular flexibility index (Phi) is 6.31. The van der Waals surface area contributed by atoms with Crippen molar-refractivity contribution in [2.24, 2.45) is 0 Å². The second-order valence-electron chi connectivity index (χ2n) is 8.82. The van der Waals surface area contributed by atoms with Crippen LogP contribution in [0.4, 0.5) is 0 Å². The van der Waals surface area contributed by atoms with Gasteiger partial charge in [0.1, 0.15) is 11.6 Å². The number of hydrogen-bond acceptors (Lipinski definition) is 4. The highest BCUT2D eigenvalue weighted by Gasteiger charge is 2.20. The van der Waals surface area contributed by atoms with Gasteiger partial charge >= 0.3 is 0 Å². The topological polar surface area (TPSA) is 81.4 Å². The molecule has 2 saturated heterocycles. The second kappa shape index (κ2) is 9.51. The molecule has 0 radical (unpaired) electrons. The first kappa shape index (κ1) is 21.9. The van der Waals surface area contributed by atoms with Crippen molar-refractivity contribution in [2.45, 2.75) is 37.8 Å². The molecule has 0 bridgehead atoms. The van der Waals surface area contributed by atoms with Crippen LogP contribution in [-0.2, 0) is 0 Å². The lowest BCUT2D eigenvalue weighted by Gasteiger charge is -2.07. The van der Waals surface area contributed by atoms with E-state index in [4.69, 9.17) is 0 Å². The zero-order chi connectivity index (χ0) is 21.3. The molecule has 2 aliphatic heterocycles. The lowest BCUT2D eigenvalue weighted by Crippen LogP contribution is -2.14. The van der Waals surface area contributed by atoms with E-state index in [1.165, 1.54) is 24.0 Å². The van der Waals surface area contributed by atoms with Crippen LogP contribution in [0.15, 0.2) is 60.9 Å². The monoisotopic (exact) mass is 460 g/mol. The van der Waals surface area contributed by atoms with Gasteiger partial charge in [0, 0.05) is 0 Å². The number of rotatable bonds is 5. The molecule has 0 unspecified atom stereocenters. The van der Waals surface area contributed by atoms with Gasteiger partial charge in [-0.1, -0.05) is 48.5 Å². The summed E-state index contributed by atoms with van der Waals surface area (Å²) in [6, 6.07) is 18.1. The summed E-state index contributed by atoms with van der Waals surface area (Å²) in [6.07, 6.45) is 8.62. The smallest absolute Gasteiger partial charge is 0.123 e. The molecule has 0 spiro atoms. The lowest BCUT2D eigenvalue weighted by atomic mass is 10.0. The van der Waals surface area contributed by atoms with Gasteiger partial charge in [-0.05, 0) is 61.0 Å². The number of imidazole rings is 2. The molecular formula is C26H29ClN6. The molecule has 0 saturated carbocycles. The Hall–Kier alpha value is -2.93. The van der Waals surface area contributed by atoms with Crippen molar-refractivity contribution >= 4 is 12.4 Å². The molecule has 2 fully saturated rings. The molecule has 2 aliphatic rings. The Morgan fingerprint density at radius 2 is 0.970 bits per heavy atom. The third-order valence-electron chi connectivity index (χ3n) is 6.70. The van der Waals surface area contributed by atoms with Crippen LogP contribution < -0.4 is 10.6 Å². The first-order valence-electron chi connectivity index (χ1n) is 11.6. The van der Waals surface area contributed by atoms with Crippen molar-refractivity contribution in [2.75, 3.05) is 13.1 Å². The van der Waals surface area contributed by atoms with Gasteiger partial charge in [-0.2, -0.15) is 0 Å². The number of halogens is 1. The maximum Gasteiger partial charge on any atom is 0.123 e. The SMILES string of the molecule is Cl.c1cc(-c2cnc([C@@H]3CCCN3)[nH]2)ccc1-c1ccc(-c2cnc([C@@H]3CCCN3)[nH]2)cc1. The molecule has 4 N–H and O–H groups in total. The third kappa shape index (κ3) is 4.47. The van der Waals surface area contributed by atoms with Gasteiger partial charge in [0.15, 0.2) is 0 Å². The average Bonchev–Trinajstić information content (AvgIpc) is 3.66. The van der Waals surface area contributed by atoms with Crippen molar-refractivity contribution in [3.8, 4) is 33.6 Å². The first-order chi connectivity index (χ1) is 15.8. The van der Waals surface area contributed by atoms with Crippen LogP contribution in [0.2, 0.25) is 0 Å². The van der Waals surface area contributed by atoms with Crippen molar-refractivity contribution in [3.05, 3.63) is 72.6 Å². The molecule has 6 nitrogen and oxygen atoms in total. The van der Waals surface area contributed by atoms with Crippen LogP contribution in [0, 0.1) is 0 Å². The number of H-pyrrole nitrogens is 2. The van der Waals surface area contributed by atoms with Crippen LogP contribution in [-0.4, -0.2) is 33.0 Å². The summed E-state index contributed by atoms with van der Waals surface area (Å²) < 4.78 is 0. The van der Waals surface area contributed by atoms with E-state index >= 15 is 0 Å². The summed E-state index contributed by atoms with van der Waals surface area (Å²) in [6.45, 7) is 2.15. The number of aromatic nitrogens is 4. The molecule has 170 valence electrons. The zero-order valence-electron chi connectivity index (χ0n) is 18.5. The number of nitrogens with zero attached hydrogens (tertiary/aromatic N) is 2. The van der Waals surface area contributed by atoms with Gasteiger partial charge in [0.25, 0.3) is 0 Å². The zero-order valence-corrected chi connectivity index (χ0v) is 19.3. The molecule has 33 heavy (non-hydrogen) atoms. The summed E-state index contributed by atoms with van der Waals surface area (Å²) in [5.41, 5.74) is 6.88. The molecule has 2 aromatic carbocycles. The molecule has 0 aliphatic carbocycles. The molecule has 0 amide bonds. The number of benzene rings is 2. The van der Waals surface area contributed by atoms with E-state index in [0.29, 0.717) is 12.1 Å². The van der Waals surface area contributed by atoms with Gasteiger partial charge in [-0.25, -0.2) is 9.97 Å². The van der Waals surface area contributed by atoms with Crippen LogP contribution in [0.5, 0.6) is 0 Å². The first-order valence-corrected chi connectivity index (χ1v) is 11.6. The lowest BCUT2D eigenvalue weighted by molar-refractivity contribution is 0.613. The van der Waals surface area contributed by atoms with E-state index in [9.17, 15) is 0 Å². The normalized spacial score (nSPS) is 20.1. The van der Waals surface area contributed by atoms with E-state index in [1.807, 2.05) is 12.4 Å². The summed E-state index contributed by atoms with van der Waals surface area (Å²) in [5.74, 6) is 2.09. The van der Waals surface area contributed by atoms with Gasteiger partial charge in [0.2, 0.25) is 0 Å². The van der Waals surface area contributed by atoms with Crippen molar-refractivity contribution < 1.29 is 0 Å². The largest absolute Gasteiger partial charge is 0.341 e. The highest BCUT2D eigenvalue weighted by atomic mass is 35.5. The highest BCUT2D eigenvalue weighted by Crippen LogP contribution is 2.29. The van der Waals surface area contributed by atoms with Crippen LogP contribution >= 0.6 is 12.4 Å². The summed E-state index contributed by atoms with van der Waals surface area (Å²) in [4.78, 5) is 16.2. The van der Waals surface area contributed by atoms with E-state index < -0.39 is 0 Å². The molecule has 4 heterocycles. The summed E-state index contributed by atoms with van der Waals surface area (Å²) >= 11 is 0. The number of aromatic amines is 2. The molecular weight excluding hydrogens is 432 g/mol. The van der Waals surface area contributed by atoms with Gasteiger partial charge < -0.3 is 20.6 Å². The van der Waals surface area contributed by atoms with E-state index in [2.05, 4.69) is 79.1 Å². The van der Waals surface area contributed by atoms with Gasteiger partial charge in [0.05, 0.1) is 35.9 Å². The number of hydrogen-bond donors (Lipinski definition) is 4. The predicted molar refractivity (Wildman–Crippen MR) is 134 cm³/mol. The maximum absolute atomic E-state index is 4.59. The standard InChI is InChI=1S/C26H28N6.ClH/c1-3-21(27-13-1)25-29-15-23(31-25)19-9-5-17(6-10-19)18-7-11-20(12-8-18)24-16-30-26(32-24)22-4-2-14-28-22;/h5-12,15-16,21-22,27-28H,1-4,13-14H2,(H,29,31)(H,30,32);1H/t21-,22-;/m0./s1. The molecule has 2 aromatic heterocycles. The Labute approximate surface area is 200 Å². The molecule has 4 aromatic rings. The highest BCUT2D eigenvalue weighted by molar-refractivity contribution is 5.85. The fourth-order valence-electron chi connectivity index (χ4n) is 4.84. The Morgan fingerprint density at radius 3 is 1.33 bits per heavy atom.